The smallest absolute Gasteiger partial charge is 0.254 e. The van der Waals surface area contributed by atoms with Gasteiger partial charge in [-0.1, -0.05) is 26.0 Å². The highest BCUT2D eigenvalue weighted by atomic mass is 16.2. The van der Waals surface area contributed by atoms with Crippen molar-refractivity contribution in [1.82, 2.24) is 34.2 Å². The van der Waals surface area contributed by atoms with Crippen molar-refractivity contribution in [1.29, 1.82) is 0 Å². The molecule has 204 valence electrons. The lowest BCUT2D eigenvalue weighted by Crippen LogP contribution is -2.42. The minimum Gasteiger partial charge on any atom is -0.347 e. The molecule has 38 heavy (non-hydrogen) atoms. The Labute approximate surface area is 227 Å². The number of nitrogens with zero attached hydrogens (tertiary/aromatic N) is 6. The minimum absolute atomic E-state index is 0.0147. The van der Waals surface area contributed by atoms with Crippen molar-refractivity contribution in [3.63, 3.8) is 0 Å². The molecule has 4 heterocycles. The van der Waals surface area contributed by atoms with Crippen molar-refractivity contribution < 1.29 is 4.79 Å². The topological polar surface area (TPSA) is 73.3 Å². The third-order valence-electron chi connectivity index (χ3n) is 8.89. The highest BCUT2D eigenvalue weighted by Crippen LogP contribution is 2.41. The van der Waals surface area contributed by atoms with Gasteiger partial charge in [-0.3, -0.25) is 14.6 Å². The highest BCUT2D eigenvalue weighted by molar-refractivity contribution is 5.94. The Morgan fingerprint density at radius 1 is 1.03 bits per heavy atom. The average Bonchev–Trinajstić information content (AvgIpc) is 3.69. The van der Waals surface area contributed by atoms with Gasteiger partial charge in [-0.25, -0.2) is 9.97 Å². The van der Waals surface area contributed by atoms with Gasteiger partial charge in [0.15, 0.2) is 0 Å². The van der Waals surface area contributed by atoms with E-state index in [0.717, 1.165) is 37.3 Å². The van der Waals surface area contributed by atoms with Crippen molar-refractivity contribution >= 4 is 5.91 Å². The molecule has 1 amide bonds. The predicted molar refractivity (Wildman–Crippen MR) is 149 cm³/mol. The molecule has 8 heteroatoms. The fourth-order valence-corrected chi connectivity index (χ4v) is 6.36. The fourth-order valence-electron chi connectivity index (χ4n) is 6.36. The van der Waals surface area contributed by atoms with Crippen LogP contribution in [0.5, 0.6) is 0 Å². The summed E-state index contributed by atoms with van der Waals surface area (Å²) in [4.78, 5) is 32.5. The maximum Gasteiger partial charge on any atom is 0.254 e. The van der Waals surface area contributed by atoms with Gasteiger partial charge in [-0.05, 0) is 74.8 Å². The molecule has 2 aromatic heterocycles. The number of aromatic amines is 1. The Balaban J connectivity index is 1.18. The number of imidazole rings is 2. The van der Waals surface area contributed by atoms with E-state index in [0.29, 0.717) is 24.1 Å². The van der Waals surface area contributed by atoms with Crippen LogP contribution in [0.2, 0.25) is 0 Å². The van der Waals surface area contributed by atoms with Crippen LogP contribution in [-0.4, -0.2) is 72.3 Å². The maximum absolute atomic E-state index is 13.5. The Morgan fingerprint density at radius 2 is 1.76 bits per heavy atom. The fraction of sp³-hybridized carbons (Fsp3) is 0.567. The van der Waals surface area contributed by atoms with E-state index >= 15 is 0 Å². The zero-order valence-corrected chi connectivity index (χ0v) is 23.3. The molecule has 2 fully saturated rings. The van der Waals surface area contributed by atoms with Crippen molar-refractivity contribution in [2.75, 3.05) is 26.2 Å². The Bertz CT molecular complexity index is 1160. The van der Waals surface area contributed by atoms with E-state index < -0.39 is 0 Å². The number of aromatic nitrogens is 4. The van der Waals surface area contributed by atoms with Gasteiger partial charge in [-0.15, -0.1) is 0 Å². The van der Waals surface area contributed by atoms with Gasteiger partial charge in [0.25, 0.3) is 5.91 Å². The first kappa shape index (κ1) is 26.6. The molecule has 2 aliphatic rings. The highest BCUT2D eigenvalue weighted by Gasteiger charge is 2.41. The second kappa shape index (κ2) is 11.8. The van der Waals surface area contributed by atoms with E-state index in [9.17, 15) is 4.79 Å². The summed E-state index contributed by atoms with van der Waals surface area (Å²) < 4.78 is 1.95. The molecule has 0 saturated carbocycles. The number of hydrogen-bond donors (Lipinski definition) is 1. The number of likely N-dealkylation sites (tertiary alicyclic amines) is 2. The number of aryl methyl sites for hydroxylation is 1. The minimum atomic E-state index is -0.0147. The maximum atomic E-state index is 13.5. The number of hydrogen-bond acceptors (Lipinski definition) is 5. The van der Waals surface area contributed by atoms with E-state index in [1.54, 1.807) is 23.5 Å². The van der Waals surface area contributed by atoms with Crippen molar-refractivity contribution in [2.24, 2.45) is 12.5 Å². The summed E-state index contributed by atoms with van der Waals surface area (Å²) in [6.07, 6.45) is 13.7. The van der Waals surface area contributed by atoms with Crippen molar-refractivity contribution in [3.05, 3.63) is 71.8 Å². The summed E-state index contributed by atoms with van der Waals surface area (Å²) in [5.41, 5.74) is 2.49. The van der Waals surface area contributed by atoms with Gasteiger partial charge < -0.3 is 14.5 Å². The first-order chi connectivity index (χ1) is 18.5. The summed E-state index contributed by atoms with van der Waals surface area (Å²) in [6, 6.07) is 8.94. The number of rotatable bonds is 10. The van der Waals surface area contributed by atoms with Crippen LogP contribution in [0.3, 0.4) is 0 Å². The first-order valence-electron chi connectivity index (χ1n) is 14.3. The van der Waals surface area contributed by atoms with Crippen LogP contribution in [0.1, 0.15) is 73.5 Å². The number of amides is 1. The molecule has 1 N–H and O–H groups in total. The summed E-state index contributed by atoms with van der Waals surface area (Å²) in [5, 5.41) is 0. The number of carbonyl (C=O) groups excluding carboxylic acids is 1. The van der Waals surface area contributed by atoms with Crippen molar-refractivity contribution in [2.45, 2.75) is 71.6 Å². The van der Waals surface area contributed by atoms with Gasteiger partial charge in [0.1, 0.15) is 11.6 Å². The molecular weight excluding hydrogens is 474 g/mol. The number of nitrogens with one attached hydrogen (secondary N) is 1. The average molecular weight is 518 g/mol. The normalized spacial score (nSPS) is 18.0. The summed E-state index contributed by atoms with van der Waals surface area (Å²) in [6.45, 7) is 11.3. The van der Waals surface area contributed by atoms with Crippen LogP contribution >= 0.6 is 0 Å². The van der Waals surface area contributed by atoms with Gasteiger partial charge in [0, 0.05) is 56.5 Å². The molecule has 0 atom stereocenters. The van der Waals surface area contributed by atoms with Crippen molar-refractivity contribution in [3.8, 4) is 0 Å². The number of H-pyrrole nitrogens is 1. The number of carbonyl (C=O) groups is 1. The summed E-state index contributed by atoms with van der Waals surface area (Å²) >= 11 is 0. The quantitative estimate of drug-likeness (QED) is 0.430. The van der Waals surface area contributed by atoms with Crippen LogP contribution < -0.4 is 0 Å². The molecule has 1 spiro atoms. The van der Waals surface area contributed by atoms with Gasteiger partial charge in [0.05, 0.1) is 13.1 Å². The Morgan fingerprint density at radius 3 is 2.39 bits per heavy atom. The van der Waals surface area contributed by atoms with Gasteiger partial charge in [0.2, 0.25) is 0 Å². The second-order valence-corrected chi connectivity index (χ2v) is 11.3. The van der Waals surface area contributed by atoms with E-state index in [2.05, 4.69) is 50.7 Å². The summed E-state index contributed by atoms with van der Waals surface area (Å²) in [7, 11) is 1.95. The third-order valence-corrected chi connectivity index (χ3v) is 8.89. The van der Waals surface area contributed by atoms with Crippen LogP contribution in [-0.2, 0) is 26.7 Å². The zero-order valence-electron chi connectivity index (χ0n) is 23.3. The SMILES string of the molecule is CCC(CC)N1CCC2(CCN(Cc3ccc(C(=O)N(Cc4ncc[nH]4)Cc4nccn4C)cc3)CC2)C1. The van der Waals surface area contributed by atoms with Crippen LogP contribution in [0.25, 0.3) is 0 Å². The van der Waals surface area contributed by atoms with Gasteiger partial charge >= 0.3 is 0 Å². The number of piperidine rings is 1. The molecule has 8 nitrogen and oxygen atoms in total. The molecule has 5 rings (SSSR count). The van der Waals surface area contributed by atoms with E-state index in [-0.39, 0.29) is 5.91 Å². The number of benzene rings is 1. The largest absolute Gasteiger partial charge is 0.347 e. The lowest BCUT2D eigenvalue weighted by Gasteiger charge is -2.40. The Hall–Kier alpha value is -2.97. The molecule has 2 aliphatic heterocycles. The lowest BCUT2D eigenvalue weighted by molar-refractivity contribution is 0.0719. The molecule has 2 saturated heterocycles. The van der Waals surface area contributed by atoms with E-state index in [1.165, 1.54) is 50.8 Å². The standard InChI is InChI=1S/C30H43N7O/c1-4-26(5-2)36-18-12-30(23-36)10-16-35(17-11-30)20-24-6-8-25(9-7-24)29(38)37(21-27-31-13-14-32-27)22-28-33-15-19-34(28)3/h6-9,13-15,19,26H,4-5,10-12,16-18,20-23H2,1-3H3,(H,31,32). The lowest BCUT2D eigenvalue weighted by atomic mass is 9.77. The third kappa shape index (κ3) is 6.02. The Kier molecular flexibility index (Phi) is 8.29. The van der Waals surface area contributed by atoms with Gasteiger partial charge in [-0.2, -0.15) is 0 Å². The van der Waals surface area contributed by atoms with Crippen LogP contribution in [0.4, 0.5) is 0 Å². The molecule has 0 bridgehead atoms. The monoisotopic (exact) mass is 517 g/mol. The van der Waals surface area contributed by atoms with E-state index in [1.807, 2.05) is 29.9 Å². The molecule has 3 aromatic rings. The molecule has 0 radical (unpaired) electrons. The van der Waals surface area contributed by atoms with Crippen LogP contribution in [0, 0.1) is 5.41 Å². The summed E-state index contributed by atoms with van der Waals surface area (Å²) in [5.74, 6) is 1.59. The molecule has 0 aliphatic carbocycles. The van der Waals surface area contributed by atoms with E-state index in [4.69, 9.17) is 0 Å². The molecule has 0 unspecified atom stereocenters. The second-order valence-electron chi connectivity index (χ2n) is 11.3. The molecular formula is C30H43N7O. The zero-order chi connectivity index (χ0) is 26.5. The first-order valence-corrected chi connectivity index (χ1v) is 14.3. The molecule has 1 aromatic carbocycles. The van der Waals surface area contributed by atoms with Crippen LogP contribution in [0.15, 0.2) is 49.1 Å². The predicted octanol–water partition coefficient (Wildman–Crippen LogP) is 4.46.